The highest BCUT2D eigenvalue weighted by Crippen LogP contribution is 2.33. The van der Waals surface area contributed by atoms with Crippen LogP contribution in [-0.4, -0.2) is 36.1 Å². The highest BCUT2D eigenvalue weighted by molar-refractivity contribution is 6.31. The van der Waals surface area contributed by atoms with Crippen LogP contribution in [0.2, 0.25) is 5.02 Å². The molecule has 2 N–H and O–H groups in total. The summed E-state index contributed by atoms with van der Waals surface area (Å²) in [5, 5.41) is 6.33. The topological polar surface area (TPSA) is 102 Å². The molecule has 0 aliphatic carbocycles. The first-order chi connectivity index (χ1) is 14.4. The number of hydrogen-bond acceptors (Lipinski definition) is 7. The molecule has 0 radical (unpaired) electrons. The van der Waals surface area contributed by atoms with Gasteiger partial charge in [-0.1, -0.05) is 11.6 Å². The largest absolute Gasteiger partial charge is 0.494 e. The Bertz CT molecular complexity index is 1110. The molecule has 156 valence electrons. The van der Waals surface area contributed by atoms with Crippen molar-refractivity contribution in [3.8, 4) is 5.75 Å². The molecule has 0 saturated carbocycles. The third-order valence-corrected chi connectivity index (χ3v) is 4.49. The second-order valence-corrected chi connectivity index (χ2v) is 6.58. The van der Waals surface area contributed by atoms with Crippen molar-refractivity contribution in [2.24, 2.45) is 0 Å². The number of anilines is 3. The minimum Gasteiger partial charge on any atom is -0.494 e. The Morgan fingerprint density at radius 1 is 1.13 bits per heavy atom. The van der Waals surface area contributed by atoms with Crippen molar-refractivity contribution in [2.45, 2.75) is 12.8 Å². The molecule has 1 aromatic heterocycles. The number of amides is 1. The molecule has 0 atom stereocenters. The molecule has 3 aromatic rings. The van der Waals surface area contributed by atoms with Crippen LogP contribution >= 0.6 is 11.6 Å². The summed E-state index contributed by atoms with van der Waals surface area (Å²) in [6, 6.07) is 7.50. The maximum atomic E-state index is 13.4. The molecule has 8 nitrogen and oxygen atoms in total. The summed E-state index contributed by atoms with van der Waals surface area (Å²) in [5.41, 5.74) is 1.47. The van der Waals surface area contributed by atoms with Crippen molar-refractivity contribution in [1.82, 2.24) is 9.97 Å². The van der Waals surface area contributed by atoms with Crippen molar-refractivity contribution in [2.75, 3.05) is 24.9 Å². The van der Waals surface area contributed by atoms with Gasteiger partial charge in [-0.25, -0.2) is 14.4 Å². The monoisotopic (exact) mass is 432 g/mol. The Balaban J connectivity index is 1.92. The van der Waals surface area contributed by atoms with Gasteiger partial charge in [0.25, 0.3) is 0 Å². The van der Waals surface area contributed by atoms with Crippen LogP contribution in [-0.2, 0) is 14.3 Å². The molecule has 1 heterocycles. The van der Waals surface area contributed by atoms with Crippen LogP contribution < -0.4 is 15.4 Å². The molecule has 2 aromatic carbocycles. The van der Waals surface area contributed by atoms with E-state index in [9.17, 15) is 14.0 Å². The highest BCUT2D eigenvalue weighted by Gasteiger charge is 2.14. The SMILES string of the molecule is COC(=O)CCC(=O)Nc1cc2c(Nc3ccc(F)c(Cl)c3)ncnc2cc1OC. The van der Waals surface area contributed by atoms with Gasteiger partial charge in [0, 0.05) is 23.6 Å². The van der Waals surface area contributed by atoms with Gasteiger partial charge in [0.1, 0.15) is 23.7 Å². The molecular formula is C20H18ClFN4O4. The summed E-state index contributed by atoms with van der Waals surface area (Å²) < 4.78 is 23.3. The Kier molecular flexibility index (Phi) is 6.63. The summed E-state index contributed by atoms with van der Waals surface area (Å²) in [7, 11) is 2.72. The van der Waals surface area contributed by atoms with Gasteiger partial charge in [0.2, 0.25) is 5.91 Å². The van der Waals surface area contributed by atoms with Crippen LogP contribution in [0.5, 0.6) is 5.75 Å². The molecule has 0 fully saturated rings. The van der Waals surface area contributed by atoms with Crippen LogP contribution in [0.4, 0.5) is 21.6 Å². The fourth-order valence-corrected chi connectivity index (χ4v) is 2.87. The lowest BCUT2D eigenvalue weighted by Gasteiger charge is -2.14. The minimum absolute atomic E-state index is 0.0291. The molecule has 0 bridgehead atoms. The number of nitrogens with one attached hydrogen (secondary N) is 2. The van der Waals surface area contributed by atoms with E-state index in [1.165, 1.54) is 38.7 Å². The summed E-state index contributed by atoms with van der Waals surface area (Å²) in [5.74, 6) is -0.571. The quantitative estimate of drug-likeness (QED) is 0.542. The van der Waals surface area contributed by atoms with Crippen LogP contribution in [0, 0.1) is 5.82 Å². The molecule has 0 aliphatic rings. The van der Waals surface area contributed by atoms with Gasteiger partial charge in [0.05, 0.1) is 36.9 Å². The number of methoxy groups -OCH3 is 2. The lowest BCUT2D eigenvalue weighted by molar-refractivity contribution is -0.141. The predicted octanol–water partition coefficient (Wildman–Crippen LogP) is 4.07. The van der Waals surface area contributed by atoms with Gasteiger partial charge in [-0.2, -0.15) is 0 Å². The number of rotatable bonds is 7. The number of esters is 1. The number of nitrogens with zero attached hydrogens (tertiary/aromatic N) is 2. The van der Waals surface area contributed by atoms with Crippen molar-refractivity contribution < 1.29 is 23.5 Å². The molecule has 3 rings (SSSR count). The third kappa shape index (κ3) is 4.93. The Morgan fingerprint density at radius 3 is 2.63 bits per heavy atom. The Hall–Kier alpha value is -3.46. The summed E-state index contributed by atoms with van der Waals surface area (Å²) in [6.45, 7) is 0. The maximum absolute atomic E-state index is 13.4. The first kappa shape index (κ1) is 21.3. The number of carbonyl (C=O) groups excluding carboxylic acids is 2. The molecule has 0 spiro atoms. The van der Waals surface area contributed by atoms with Gasteiger partial charge >= 0.3 is 5.97 Å². The van der Waals surface area contributed by atoms with Crippen LogP contribution in [0.1, 0.15) is 12.8 Å². The second-order valence-electron chi connectivity index (χ2n) is 6.17. The molecule has 30 heavy (non-hydrogen) atoms. The van der Waals surface area contributed by atoms with E-state index < -0.39 is 11.8 Å². The van der Waals surface area contributed by atoms with Crippen molar-refractivity contribution >= 4 is 51.6 Å². The third-order valence-electron chi connectivity index (χ3n) is 4.20. The minimum atomic E-state index is -0.531. The normalized spacial score (nSPS) is 10.5. The highest BCUT2D eigenvalue weighted by atomic mass is 35.5. The lowest BCUT2D eigenvalue weighted by atomic mass is 10.1. The Labute approximate surface area is 176 Å². The van der Waals surface area contributed by atoms with E-state index in [0.29, 0.717) is 33.8 Å². The number of fused-ring (bicyclic) bond motifs is 1. The van der Waals surface area contributed by atoms with Crippen molar-refractivity contribution in [3.05, 3.63) is 47.5 Å². The zero-order chi connectivity index (χ0) is 21.7. The molecule has 10 heteroatoms. The zero-order valence-electron chi connectivity index (χ0n) is 16.2. The van der Waals surface area contributed by atoms with E-state index in [1.807, 2.05) is 0 Å². The lowest BCUT2D eigenvalue weighted by Crippen LogP contribution is -2.14. The molecule has 0 aliphatic heterocycles. The standard InChI is InChI=1S/C20H18ClFN4O4/c1-29-17-9-15-12(8-16(17)26-18(27)5-6-19(28)30-2)20(24-10-23-15)25-11-3-4-14(22)13(21)7-11/h3-4,7-10H,5-6H2,1-2H3,(H,26,27)(H,23,24,25). The van der Waals surface area contributed by atoms with Gasteiger partial charge in [-0.15, -0.1) is 0 Å². The van der Waals surface area contributed by atoms with Crippen LogP contribution in [0.25, 0.3) is 10.9 Å². The first-order valence-corrected chi connectivity index (χ1v) is 9.20. The van der Waals surface area contributed by atoms with Crippen molar-refractivity contribution in [3.63, 3.8) is 0 Å². The molecular weight excluding hydrogens is 415 g/mol. The van der Waals surface area contributed by atoms with E-state index in [0.717, 1.165) is 0 Å². The van der Waals surface area contributed by atoms with E-state index in [-0.39, 0.29) is 23.8 Å². The van der Waals surface area contributed by atoms with Crippen LogP contribution in [0.3, 0.4) is 0 Å². The first-order valence-electron chi connectivity index (χ1n) is 8.82. The number of halogens is 2. The van der Waals surface area contributed by atoms with Gasteiger partial charge in [0.15, 0.2) is 0 Å². The van der Waals surface area contributed by atoms with Gasteiger partial charge in [-0.3, -0.25) is 9.59 Å². The van der Waals surface area contributed by atoms with Crippen LogP contribution in [0.15, 0.2) is 36.7 Å². The average molecular weight is 433 g/mol. The average Bonchev–Trinajstić information content (AvgIpc) is 2.74. The second kappa shape index (κ2) is 9.36. The molecule has 0 unspecified atom stereocenters. The molecule has 1 amide bonds. The van der Waals surface area contributed by atoms with Crippen molar-refractivity contribution in [1.29, 1.82) is 0 Å². The number of aromatic nitrogens is 2. The predicted molar refractivity (Wildman–Crippen MR) is 111 cm³/mol. The van der Waals surface area contributed by atoms with E-state index in [4.69, 9.17) is 16.3 Å². The number of hydrogen-bond donors (Lipinski definition) is 2. The smallest absolute Gasteiger partial charge is 0.306 e. The fraction of sp³-hybridized carbons (Fsp3) is 0.200. The summed E-state index contributed by atoms with van der Waals surface area (Å²) in [4.78, 5) is 31.9. The van der Waals surface area contributed by atoms with Gasteiger partial charge in [-0.05, 0) is 24.3 Å². The van der Waals surface area contributed by atoms with E-state index >= 15 is 0 Å². The number of carbonyl (C=O) groups is 2. The summed E-state index contributed by atoms with van der Waals surface area (Å²) in [6.07, 6.45) is 1.28. The fourth-order valence-electron chi connectivity index (χ4n) is 2.69. The van der Waals surface area contributed by atoms with Gasteiger partial charge < -0.3 is 20.1 Å². The zero-order valence-corrected chi connectivity index (χ0v) is 16.9. The van der Waals surface area contributed by atoms with E-state index in [2.05, 4.69) is 25.3 Å². The Morgan fingerprint density at radius 2 is 1.93 bits per heavy atom. The maximum Gasteiger partial charge on any atom is 0.306 e. The molecule has 0 saturated heterocycles. The number of benzene rings is 2. The number of ether oxygens (including phenoxy) is 2. The summed E-state index contributed by atoms with van der Waals surface area (Å²) >= 11 is 5.84. The van der Waals surface area contributed by atoms with E-state index in [1.54, 1.807) is 12.1 Å².